The van der Waals surface area contributed by atoms with Crippen molar-refractivity contribution in [1.29, 1.82) is 0 Å². The molecule has 2 aliphatic heterocycles. The van der Waals surface area contributed by atoms with Crippen molar-refractivity contribution < 1.29 is 9.53 Å². The van der Waals surface area contributed by atoms with E-state index in [1.165, 1.54) is 39.9 Å². The lowest BCUT2D eigenvalue weighted by molar-refractivity contribution is -0.00446. The lowest BCUT2D eigenvalue weighted by Gasteiger charge is -2.40. The monoisotopic (exact) mass is 590 g/mol. The number of ether oxygens (including phenoxy) is 1. The molecular formula is C36H42N6O2. The summed E-state index contributed by atoms with van der Waals surface area (Å²) in [6.07, 6.45) is 6.86. The molecule has 3 N–H and O–H groups in total. The minimum atomic E-state index is -0.539. The van der Waals surface area contributed by atoms with Crippen molar-refractivity contribution in [3.05, 3.63) is 71.5 Å². The van der Waals surface area contributed by atoms with E-state index >= 15 is 0 Å². The first-order chi connectivity index (χ1) is 21.1. The summed E-state index contributed by atoms with van der Waals surface area (Å²) in [6, 6.07) is 14.0. The highest BCUT2D eigenvalue weighted by Gasteiger charge is 2.50. The van der Waals surface area contributed by atoms with E-state index in [1.54, 1.807) is 0 Å². The van der Waals surface area contributed by atoms with E-state index in [4.69, 9.17) is 14.7 Å². The fraction of sp³-hybridized carbons (Fsp3) is 0.472. The van der Waals surface area contributed by atoms with E-state index in [2.05, 4.69) is 65.2 Å². The van der Waals surface area contributed by atoms with Crippen LogP contribution in [-0.4, -0.2) is 48.6 Å². The van der Waals surface area contributed by atoms with Crippen LogP contribution in [0.15, 0.2) is 48.6 Å². The number of hydrogen-bond donors (Lipinski definition) is 3. The number of benzene rings is 2. The van der Waals surface area contributed by atoms with Gasteiger partial charge in [-0.25, -0.2) is 14.8 Å². The molecule has 3 unspecified atom stereocenters. The van der Waals surface area contributed by atoms with E-state index < -0.39 is 5.60 Å². The molecular weight excluding hydrogens is 548 g/mol. The molecule has 0 radical (unpaired) electrons. The molecule has 0 bridgehead atoms. The summed E-state index contributed by atoms with van der Waals surface area (Å²) < 4.78 is 5.83. The van der Waals surface area contributed by atoms with Gasteiger partial charge in [-0.05, 0) is 113 Å². The summed E-state index contributed by atoms with van der Waals surface area (Å²) in [6.45, 7) is 12.2. The highest BCUT2D eigenvalue weighted by atomic mass is 16.6. The number of amides is 1. The van der Waals surface area contributed by atoms with Crippen LogP contribution in [0.4, 0.5) is 4.79 Å². The third-order valence-electron chi connectivity index (χ3n) is 9.99. The summed E-state index contributed by atoms with van der Waals surface area (Å²) in [4.78, 5) is 32.6. The quantitative estimate of drug-likeness (QED) is 0.214. The van der Waals surface area contributed by atoms with Crippen molar-refractivity contribution in [2.75, 3.05) is 0 Å². The maximum Gasteiger partial charge on any atom is 0.411 e. The van der Waals surface area contributed by atoms with Crippen molar-refractivity contribution >= 4 is 17.1 Å². The van der Waals surface area contributed by atoms with Crippen molar-refractivity contribution in [3.63, 3.8) is 0 Å². The summed E-state index contributed by atoms with van der Waals surface area (Å²) in [5, 5.41) is 3.66. The molecule has 4 heterocycles. The second-order valence-electron chi connectivity index (χ2n) is 14.3. The molecule has 2 aromatic heterocycles. The SMILES string of the molecule is C=C1C2CC2N[C@@H]1c1nc2ccc(-c3ccc4c(c3)CCCc3[nH]c([C@@H]5CCCC(C)N5C(=O)OC(C)(C)C)nc3-4)cc2[nH]1. The summed E-state index contributed by atoms with van der Waals surface area (Å²) in [5.74, 6) is 2.46. The Morgan fingerprint density at radius 3 is 2.61 bits per heavy atom. The number of fused-ring (bicyclic) bond motifs is 5. The van der Waals surface area contributed by atoms with E-state index in [-0.39, 0.29) is 24.2 Å². The number of aromatic nitrogens is 4. The first-order valence-electron chi connectivity index (χ1n) is 16.3. The summed E-state index contributed by atoms with van der Waals surface area (Å²) in [7, 11) is 0. The minimum Gasteiger partial charge on any atom is -0.444 e. The Hall–Kier alpha value is -3.91. The zero-order chi connectivity index (χ0) is 30.3. The van der Waals surface area contributed by atoms with Gasteiger partial charge in [-0.1, -0.05) is 30.8 Å². The lowest BCUT2D eigenvalue weighted by atomic mass is 9.95. The van der Waals surface area contributed by atoms with Gasteiger partial charge in [0.15, 0.2) is 0 Å². The second-order valence-corrected chi connectivity index (χ2v) is 14.3. The van der Waals surface area contributed by atoms with Crippen LogP contribution in [0.1, 0.15) is 94.8 Å². The molecule has 3 fully saturated rings. The molecule has 2 aromatic carbocycles. The number of imidazole rings is 2. The van der Waals surface area contributed by atoms with Crippen LogP contribution in [-0.2, 0) is 17.6 Å². The maximum atomic E-state index is 13.3. The number of nitrogens with zero attached hydrogens (tertiary/aromatic N) is 3. The van der Waals surface area contributed by atoms with E-state index in [0.717, 1.165) is 66.9 Å². The molecule has 0 spiro atoms. The molecule has 4 aliphatic rings. The Kier molecular flexibility index (Phi) is 6.32. The van der Waals surface area contributed by atoms with E-state index in [0.29, 0.717) is 12.0 Å². The largest absolute Gasteiger partial charge is 0.444 e. The van der Waals surface area contributed by atoms with Gasteiger partial charge in [-0.2, -0.15) is 0 Å². The molecule has 8 nitrogen and oxygen atoms in total. The average molecular weight is 591 g/mol. The number of hydrogen-bond acceptors (Lipinski definition) is 5. The topological polar surface area (TPSA) is 98.9 Å². The van der Waals surface area contributed by atoms with Gasteiger partial charge in [-0.3, -0.25) is 4.90 Å². The third-order valence-corrected chi connectivity index (χ3v) is 9.99. The first-order valence-corrected chi connectivity index (χ1v) is 16.3. The Bertz CT molecular complexity index is 1790. The van der Waals surface area contributed by atoms with Crippen LogP contribution in [0.2, 0.25) is 0 Å². The van der Waals surface area contributed by atoms with Crippen molar-refractivity contribution in [2.45, 2.75) is 102 Å². The average Bonchev–Trinajstić information content (AvgIpc) is 3.31. The van der Waals surface area contributed by atoms with Crippen molar-refractivity contribution in [3.8, 4) is 22.4 Å². The Morgan fingerprint density at radius 2 is 1.82 bits per heavy atom. The van der Waals surface area contributed by atoms with Gasteiger partial charge in [0, 0.05) is 23.3 Å². The molecule has 8 heteroatoms. The van der Waals surface area contributed by atoms with Gasteiger partial charge in [0.2, 0.25) is 0 Å². The number of piperidine rings is 2. The first kappa shape index (κ1) is 27.6. The van der Waals surface area contributed by atoms with Crippen LogP contribution in [0.5, 0.6) is 0 Å². The van der Waals surface area contributed by atoms with Crippen LogP contribution in [0, 0.1) is 5.92 Å². The van der Waals surface area contributed by atoms with E-state index in [9.17, 15) is 4.79 Å². The van der Waals surface area contributed by atoms with Gasteiger partial charge >= 0.3 is 6.09 Å². The summed E-state index contributed by atoms with van der Waals surface area (Å²) >= 11 is 0. The molecule has 228 valence electrons. The molecule has 8 rings (SSSR count). The van der Waals surface area contributed by atoms with Gasteiger partial charge in [0.1, 0.15) is 17.2 Å². The maximum absolute atomic E-state index is 13.3. The minimum absolute atomic E-state index is 0.102. The zero-order valence-corrected chi connectivity index (χ0v) is 26.2. The van der Waals surface area contributed by atoms with Crippen LogP contribution in [0.25, 0.3) is 33.4 Å². The number of rotatable bonds is 3. The number of carbonyl (C=O) groups excluding carboxylic acids is 1. The highest BCUT2D eigenvalue weighted by Crippen LogP contribution is 2.49. The smallest absolute Gasteiger partial charge is 0.411 e. The zero-order valence-electron chi connectivity index (χ0n) is 26.2. The third kappa shape index (κ3) is 4.74. The second kappa shape index (κ2) is 10.1. The number of aromatic amines is 2. The standard InChI is InChI=1S/C36H42N6O2/c1-19-8-6-11-30(42(19)35(43)44-36(3,4)5)33-39-27-10-7-9-23-16-21(12-14-24(23)32(27)41-33)22-13-15-26-29(17-22)40-34(38-26)31-20(2)25-18-28(25)37-31/h12-17,19,25,28,30-31,37H,2,6-11,18H2,1,3-5H3,(H,38,40)(H,39,41)/t19?,25?,28?,30-,31-/m0/s1. The highest BCUT2D eigenvalue weighted by molar-refractivity contribution is 5.83. The number of aryl methyl sites for hydroxylation is 2. The van der Waals surface area contributed by atoms with Gasteiger partial charge in [0.05, 0.1) is 28.8 Å². The molecule has 2 saturated heterocycles. The molecule has 1 amide bonds. The van der Waals surface area contributed by atoms with Crippen molar-refractivity contribution in [1.82, 2.24) is 30.2 Å². The Morgan fingerprint density at radius 1 is 1.00 bits per heavy atom. The fourth-order valence-corrected chi connectivity index (χ4v) is 7.66. The fourth-order valence-electron chi connectivity index (χ4n) is 7.66. The van der Waals surface area contributed by atoms with Gasteiger partial charge in [-0.15, -0.1) is 0 Å². The normalized spacial score (nSPS) is 26.2. The number of likely N-dealkylation sites (tertiary alicyclic amines) is 1. The van der Waals surface area contributed by atoms with Gasteiger partial charge < -0.3 is 20.0 Å². The molecule has 4 aromatic rings. The van der Waals surface area contributed by atoms with Crippen LogP contribution in [0.3, 0.4) is 0 Å². The molecule has 1 saturated carbocycles. The number of nitrogens with one attached hydrogen (secondary N) is 3. The number of H-pyrrole nitrogens is 2. The van der Waals surface area contributed by atoms with Gasteiger partial charge in [0.25, 0.3) is 0 Å². The lowest BCUT2D eigenvalue weighted by Crippen LogP contribution is -2.46. The molecule has 5 atom stereocenters. The molecule has 2 aliphatic carbocycles. The van der Waals surface area contributed by atoms with Crippen molar-refractivity contribution in [2.24, 2.45) is 5.92 Å². The predicted molar refractivity (Wildman–Crippen MR) is 172 cm³/mol. The van der Waals surface area contributed by atoms with Crippen LogP contribution >= 0.6 is 0 Å². The predicted octanol–water partition coefficient (Wildman–Crippen LogP) is 7.55. The summed E-state index contributed by atoms with van der Waals surface area (Å²) in [5.41, 5.74) is 9.83. The molecule has 44 heavy (non-hydrogen) atoms. The van der Waals surface area contributed by atoms with Crippen LogP contribution < -0.4 is 5.32 Å². The van der Waals surface area contributed by atoms with E-state index in [1.807, 2.05) is 25.7 Å². The number of carbonyl (C=O) groups is 1. The Labute approximate surface area is 258 Å². The Balaban J connectivity index is 1.09.